The fourth-order valence-electron chi connectivity index (χ4n) is 1.85. The molecule has 4 nitrogen and oxygen atoms in total. The number of hydrogen-bond donors (Lipinski definition) is 1. The Morgan fingerprint density at radius 2 is 2.05 bits per heavy atom. The van der Waals surface area contributed by atoms with E-state index in [1.54, 1.807) is 12.1 Å². The summed E-state index contributed by atoms with van der Waals surface area (Å²) in [6.07, 6.45) is 0. The number of hydrogen-bond acceptors (Lipinski definition) is 3. The van der Waals surface area contributed by atoms with Gasteiger partial charge in [-0.2, -0.15) is 0 Å². The minimum atomic E-state index is -0.477. The molecule has 1 N–H and O–H groups in total. The predicted molar refractivity (Wildman–Crippen MR) is 84.3 cm³/mol. The highest BCUT2D eigenvalue weighted by Gasteiger charge is 2.12. The molecule has 0 heterocycles. The molecule has 20 heavy (non-hydrogen) atoms. The number of nitro groups is 1. The largest absolute Gasteiger partial charge is 0.381 e. The standard InChI is InChI=1S/C14H12BrClN2O2/c1-9-4-11(15)7-12(5-9)17-8-10-2-3-13(16)14(6-10)18(19)20/h2-7,17H,8H2,1H3. The van der Waals surface area contributed by atoms with Crippen LogP contribution in [0, 0.1) is 17.0 Å². The maximum atomic E-state index is 10.8. The van der Waals surface area contributed by atoms with E-state index in [1.165, 1.54) is 6.07 Å². The van der Waals surface area contributed by atoms with E-state index in [2.05, 4.69) is 21.2 Å². The van der Waals surface area contributed by atoms with Crippen LogP contribution in [0.4, 0.5) is 11.4 Å². The molecule has 0 aliphatic heterocycles. The van der Waals surface area contributed by atoms with E-state index in [0.717, 1.165) is 21.3 Å². The molecular weight excluding hydrogens is 344 g/mol. The molecule has 0 bridgehead atoms. The molecule has 0 saturated carbocycles. The maximum Gasteiger partial charge on any atom is 0.288 e. The Kier molecular flexibility index (Phi) is 4.62. The van der Waals surface area contributed by atoms with Gasteiger partial charge in [0.05, 0.1) is 4.92 Å². The molecule has 6 heteroatoms. The van der Waals surface area contributed by atoms with Crippen molar-refractivity contribution in [1.29, 1.82) is 0 Å². The number of nitrogens with zero attached hydrogens (tertiary/aromatic N) is 1. The molecule has 0 amide bonds. The third kappa shape index (κ3) is 3.71. The monoisotopic (exact) mass is 354 g/mol. The molecule has 0 unspecified atom stereocenters. The zero-order valence-corrected chi connectivity index (χ0v) is 13.0. The first-order valence-electron chi connectivity index (χ1n) is 5.89. The van der Waals surface area contributed by atoms with Crippen LogP contribution in [0.5, 0.6) is 0 Å². The second kappa shape index (κ2) is 6.24. The van der Waals surface area contributed by atoms with Crippen LogP contribution in [0.3, 0.4) is 0 Å². The average molecular weight is 356 g/mol. The molecule has 104 valence electrons. The van der Waals surface area contributed by atoms with Crippen molar-refractivity contribution in [3.8, 4) is 0 Å². The predicted octanol–water partition coefficient (Wildman–Crippen LogP) is 4.93. The molecule has 0 atom stereocenters. The van der Waals surface area contributed by atoms with Gasteiger partial charge in [-0.1, -0.05) is 33.6 Å². The highest BCUT2D eigenvalue weighted by atomic mass is 79.9. The minimum Gasteiger partial charge on any atom is -0.381 e. The number of halogens is 2. The van der Waals surface area contributed by atoms with Gasteiger partial charge in [-0.25, -0.2) is 0 Å². The molecule has 0 fully saturated rings. The zero-order valence-electron chi connectivity index (χ0n) is 10.7. The van der Waals surface area contributed by atoms with E-state index in [1.807, 2.05) is 25.1 Å². The number of benzene rings is 2. The Morgan fingerprint density at radius 1 is 1.30 bits per heavy atom. The normalized spacial score (nSPS) is 10.3. The zero-order chi connectivity index (χ0) is 14.7. The summed E-state index contributed by atoms with van der Waals surface area (Å²) in [5.74, 6) is 0. The number of nitro benzene ring substituents is 1. The molecule has 2 aromatic rings. The van der Waals surface area contributed by atoms with Gasteiger partial charge < -0.3 is 5.32 Å². The summed E-state index contributed by atoms with van der Waals surface area (Å²) in [7, 11) is 0. The molecule has 0 radical (unpaired) electrons. The van der Waals surface area contributed by atoms with Crippen molar-refractivity contribution in [3.05, 3.63) is 67.1 Å². The highest BCUT2D eigenvalue weighted by Crippen LogP contribution is 2.26. The molecule has 0 aromatic heterocycles. The van der Waals surface area contributed by atoms with Crippen LogP contribution in [-0.2, 0) is 6.54 Å². The third-order valence-corrected chi connectivity index (χ3v) is 3.52. The second-order valence-electron chi connectivity index (χ2n) is 4.41. The van der Waals surface area contributed by atoms with Gasteiger partial charge in [0.1, 0.15) is 5.02 Å². The first-order valence-corrected chi connectivity index (χ1v) is 7.06. The summed E-state index contributed by atoms with van der Waals surface area (Å²) in [6, 6.07) is 10.8. The quantitative estimate of drug-likeness (QED) is 0.625. The highest BCUT2D eigenvalue weighted by molar-refractivity contribution is 9.10. The molecule has 0 aliphatic carbocycles. The van der Waals surface area contributed by atoms with Crippen LogP contribution in [0.25, 0.3) is 0 Å². The van der Waals surface area contributed by atoms with Crippen LogP contribution >= 0.6 is 27.5 Å². The second-order valence-corrected chi connectivity index (χ2v) is 5.74. The van der Waals surface area contributed by atoms with Gasteiger partial charge in [0.15, 0.2) is 0 Å². The Labute approximate surface area is 130 Å². The van der Waals surface area contributed by atoms with Crippen molar-refractivity contribution in [2.45, 2.75) is 13.5 Å². The molecule has 0 spiro atoms. The topological polar surface area (TPSA) is 55.2 Å². The van der Waals surface area contributed by atoms with E-state index < -0.39 is 4.92 Å². The Hall–Kier alpha value is -1.59. The van der Waals surface area contributed by atoms with E-state index in [-0.39, 0.29) is 10.7 Å². The van der Waals surface area contributed by atoms with Crippen LogP contribution < -0.4 is 5.32 Å². The number of rotatable bonds is 4. The Morgan fingerprint density at radius 3 is 2.70 bits per heavy atom. The lowest BCUT2D eigenvalue weighted by atomic mass is 10.2. The van der Waals surface area contributed by atoms with Gasteiger partial charge in [0, 0.05) is 22.8 Å². The van der Waals surface area contributed by atoms with E-state index >= 15 is 0 Å². The van der Waals surface area contributed by atoms with E-state index in [9.17, 15) is 10.1 Å². The smallest absolute Gasteiger partial charge is 0.288 e. The summed E-state index contributed by atoms with van der Waals surface area (Å²) in [4.78, 5) is 10.4. The summed E-state index contributed by atoms with van der Waals surface area (Å²) >= 11 is 9.21. The summed E-state index contributed by atoms with van der Waals surface area (Å²) in [6.45, 7) is 2.50. The number of anilines is 1. The average Bonchev–Trinajstić information content (AvgIpc) is 2.36. The summed E-state index contributed by atoms with van der Waals surface area (Å²) in [5.41, 5.74) is 2.81. The van der Waals surface area contributed by atoms with E-state index in [0.29, 0.717) is 6.54 Å². The first-order chi connectivity index (χ1) is 9.45. The molecular formula is C14H12BrClN2O2. The summed E-state index contributed by atoms with van der Waals surface area (Å²) < 4.78 is 0.988. The van der Waals surface area contributed by atoms with Crippen LogP contribution in [-0.4, -0.2) is 4.92 Å². The van der Waals surface area contributed by atoms with Crippen LogP contribution in [0.2, 0.25) is 5.02 Å². The number of aryl methyl sites for hydroxylation is 1. The van der Waals surface area contributed by atoms with Gasteiger partial charge >= 0.3 is 0 Å². The lowest BCUT2D eigenvalue weighted by molar-refractivity contribution is -0.384. The lowest BCUT2D eigenvalue weighted by Crippen LogP contribution is -2.01. The maximum absolute atomic E-state index is 10.8. The van der Waals surface area contributed by atoms with Crippen molar-refractivity contribution in [3.63, 3.8) is 0 Å². The van der Waals surface area contributed by atoms with Crippen molar-refractivity contribution >= 4 is 38.9 Å². The van der Waals surface area contributed by atoms with Gasteiger partial charge in [-0.3, -0.25) is 10.1 Å². The van der Waals surface area contributed by atoms with Gasteiger partial charge in [0.2, 0.25) is 0 Å². The van der Waals surface area contributed by atoms with Gasteiger partial charge in [-0.15, -0.1) is 0 Å². The van der Waals surface area contributed by atoms with Crippen LogP contribution in [0.1, 0.15) is 11.1 Å². The van der Waals surface area contributed by atoms with Crippen molar-refractivity contribution < 1.29 is 4.92 Å². The molecule has 2 aromatic carbocycles. The Bertz CT molecular complexity index is 641. The van der Waals surface area contributed by atoms with Gasteiger partial charge in [-0.05, 0) is 42.3 Å². The fourth-order valence-corrected chi connectivity index (χ4v) is 2.64. The van der Waals surface area contributed by atoms with Crippen molar-refractivity contribution in [2.24, 2.45) is 0 Å². The van der Waals surface area contributed by atoms with Crippen molar-refractivity contribution in [2.75, 3.05) is 5.32 Å². The lowest BCUT2D eigenvalue weighted by Gasteiger charge is -2.08. The van der Waals surface area contributed by atoms with Gasteiger partial charge in [0.25, 0.3) is 5.69 Å². The fraction of sp³-hybridized carbons (Fsp3) is 0.143. The molecule has 0 aliphatic rings. The Balaban J connectivity index is 2.14. The minimum absolute atomic E-state index is 0.0728. The third-order valence-electron chi connectivity index (χ3n) is 2.75. The number of nitrogens with one attached hydrogen (secondary N) is 1. The molecule has 0 saturated heterocycles. The van der Waals surface area contributed by atoms with E-state index in [4.69, 9.17) is 11.6 Å². The first kappa shape index (κ1) is 14.8. The SMILES string of the molecule is Cc1cc(Br)cc(NCc2ccc(Cl)c([N+](=O)[O-])c2)c1. The molecule has 2 rings (SSSR count). The summed E-state index contributed by atoms with van der Waals surface area (Å²) in [5, 5.41) is 14.2. The van der Waals surface area contributed by atoms with Crippen molar-refractivity contribution in [1.82, 2.24) is 0 Å². The van der Waals surface area contributed by atoms with Crippen LogP contribution in [0.15, 0.2) is 40.9 Å².